The highest BCUT2D eigenvalue weighted by molar-refractivity contribution is 6.00. The van der Waals surface area contributed by atoms with Crippen LogP contribution in [0.15, 0.2) is 59.7 Å². The molecule has 4 aromatic rings. The molecule has 0 radical (unpaired) electrons. The second-order valence-electron chi connectivity index (χ2n) is 9.21. The summed E-state index contributed by atoms with van der Waals surface area (Å²) in [4.78, 5) is 37.1. The second kappa shape index (κ2) is 12.5. The number of rotatable bonds is 11. The molecule has 0 aliphatic heterocycles. The molecule has 0 fully saturated rings. The Bertz CT molecular complexity index is 1610. The van der Waals surface area contributed by atoms with Gasteiger partial charge in [0.2, 0.25) is 5.91 Å². The zero-order valence-electron chi connectivity index (χ0n) is 23.2. The minimum atomic E-state index is -0.427. The average molecular weight is 548 g/mol. The van der Waals surface area contributed by atoms with Crippen LogP contribution in [0, 0.1) is 6.92 Å². The molecule has 0 atom stereocenters. The number of fused-ring (bicyclic) bond motifs is 1. The summed E-state index contributed by atoms with van der Waals surface area (Å²) in [5.41, 5.74) is 8.74. The van der Waals surface area contributed by atoms with E-state index in [1.54, 1.807) is 50.6 Å². The van der Waals surface area contributed by atoms with Gasteiger partial charge in [-0.2, -0.15) is 0 Å². The van der Waals surface area contributed by atoms with Crippen molar-refractivity contribution in [3.63, 3.8) is 0 Å². The number of ether oxygens (including phenoxy) is 3. The minimum Gasteiger partial charge on any atom is -0.496 e. The molecule has 2 heterocycles. The van der Waals surface area contributed by atoms with Gasteiger partial charge >= 0.3 is 5.69 Å². The summed E-state index contributed by atoms with van der Waals surface area (Å²) in [6.07, 6.45) is 4.49. The van der Waals surface area contributed by atoms with E-state index in [2.05, 4.69) is 15.3 Å². The molecule has 0 saturated heterocycles. The van der Waals surface area contributed by atoms with Crippen molar-refractivity contribution < 1.29 is 19.0 Å². The molecule has 0 aliphatic carbocycles. The van der Waals surface area contributed by atoms with Crippen LogP contribution in [0.3, 0.4) is 0 Å². The topological polar surface area (TPSA) is 139 Å². The van der Waals surface area contributed by atoms with Gasteiger partial charge in [0.05, 0.1) is 30.8 Å². The van der Waals surface area contributed by atoms with Crippen molar-refractivity contribution in [2.45, 2.75) is 6.92 Å². The number of aryl methyl sites for hydroxylation is 1. The zero-order valence-corrected chi connectivity index (χ0v) is 23.2. The van der Waals surface area contributed by atoms with E-state index < -0.39 is 5.69 Å². The monoisotopic (exact) mass is 547 g/mol. The highest BCUT2D eigenvalue weighted by Gasteiger charge is 2.22. The number of hydrogen-bond acceptors (Lipinski definition) is 9. The van der Waals surface area contributed by atoms with Crippen LogP contribution in [-0.4, -0.2) is 78.0 Å². The maximum Gasteiger partial charge on any atom is 0.339 e. The van der Waals surface area contributed by atoms with Gasteiger partial charge in [0.25, 0.3) is 0 Å². The van der Waals surface area contributed by atoms with E-state index in [-0.39, 0.29) is 18.3 Å². The molecule has 0 unspecified atom stereocenters. The maximum atomic E-state index is 14.0. The van der Waals surface area contributed by atoms with Crippen LogP contribution in [0.1, 0.15) is 5.56 Å². The number of nitrogens with two attached hydrogens (primary N) is 1. The van der Waals surface area contributed by atoms with E-state index in [1.165, 1.54) is 21.5 Å². The molecule has 210 valence electrons. The molecule has 2 aromatic heterocycles. The number of benzene rings is 2. The number of nitrogens with zero attached hydrogens (tertiary/aromatic N) is 5. The zero-order chi connectivity index (χ0) is 28.8. The number of amides is 1. The SMILES string of the molecule is COCCOc1ccc(-n2c(=O)n(-c3ccc(C)c(OC)c3)c3c(N)ncnc32)cc1NC(=O)C=CCN(C)C. The Morgan fingerprint density at radius 1 is 1.05 bits per heavy atom. The first-order valence-electron chi connectivity index (χ1n) is 12.5. The number of hydrogen-bond donors (Lipinski definition) is 2. The van der Waals surface area contributed by atoms with Crippen molar-refractivity contribution in [1.82, 2.24) is 24.0 Å². The highest BCUT2D eigenvalue weighted by atomic mass is 16.5. The molecular weight excluding hydrogens is 514 g/mol. The quantitative estimate of drug-likeness (QED) is 0.214. The molecule has 3 N–H and O–H groups in total. The third-order valence-electron chi connectivity index (χ3n) is 6.06. The number of carbonyl (C=O) groups is 1. The molecule has 0 aliphatic rings. The molecule has 4 rings (SSSR count). The van der Waals surface area contributed by atoms with Crippen LogP contribution in [0.5, 0.6) is 11.5 Å². The van der Waals surface area contributed by atoms with E-state index in [9.17, 15) is 9.59 Å². The lowest BCUT2D eigenvalue weighted by atomic mass is 10.2. The summed E-state index contributed by atoms with van der Waals surface area (Å²) in [7, 11) is 6.96. The van der Waals surface area contributed by atoms with Gasteiger partial charge in [-0.05, 0) is 50.8 Å². The summed E-state index contributed by atoms with van der Waals surface area (Å²) in [6, 6.07) is 10.4. The van der Waals surface area contributed by atoms with Gasteiger partial charge in [-0.3, -0.25) is 9.36 Å². The Hall–Kier alpha value is -4.68. The van der Waals surface area contributed by atoms with E-state index >= 15 is 0 Å². The van der Waals surface area contributed by atoms with Gasteiger partial charge in [-0.15, -0.1) is 0 Å². The predicted octanol–water partition coefficient (Wildman–Crippen LogP) is 2.55. The van der Waals surface area contributed by atoms with E-state index in [1.807, 2.05) is 32.0 Å². The first kappa shape index (κ1) is 28.3. The molecule has 40 heavy (non-hydrogen) atoms. The number of carbonyl (C=O) groups excluding carboxylic acids is 1. The average Bonchev–Trinajstić information content (AvgIpc) is 3.22. The number of anilines is 2. The maximum absolute atomic E-state index is 14.0. The highest BCUT2D eigenvalue weighted by Crippen LogP contribution is 2.30. The van der Waals surface area contributed by atoms with E-state index in [4.69, 9.17) is 19.9 Å². The van der Waals surface area contributed by atoms with Gasteiger partial charge in [0, 0.05) is 25.8 Å². The van der Waals surface area contributed by atoms with Crippen LogP contribution in [-0.2, 0) is 9.53 Å². The Balaban J connectivity index is 1.86. The summed E-state index contributed by atoms with van der Waals surface area (Å²) in [5, 5.41) is 2.85. The molecule has 0 bridgehead atoms. The summed E-state index contributed by atoms with van der Waals surface area (Å²) >= 11 is 0. The number of nitrogen functional groups attached to an aromatic ring is 1. The largest absolute Gasteiger partial charge is 0.496 e. The molecule has 0 saturated carbocycles. The Morgan fingerprint density at radius 3 is 2.52 bits per heavy atom. The number of likely N-dealkylation sites (N-methyl/N-ethyl adjacent to an activating group) is 1. The fourth-order valence-corrected chi connectivity index (χ4v) is 4.13. The number of nitrogens with one attached hydrogen (secondary N) is 1. The van der Waals surface area contributed by atoms with E-state index in [0.29, 0.717) is 52.9 Å². The molecule has 1 amide bonds. The molecule has 0 spiro atoms. The lowest BCUT2D eigenvalue weighted by Crippen LogP contribution is -2.22. The van der Waals surface area contributed by atoms with Crippen LogP contribution >= 0.6 is 0 Å². The minimum absolute atomic E-state index is 0.138. The van der Waals surface area contributed by atoms with Crippen molar-refractivity contribution in [2.75, 3.05) is 59.1 Å². The van der Waals surface area contributed by atoms with Gasteiger partial charge in [-0.25, -0.2) is 19.3 Å². The van der Waals surface area contributed by atoms with Crippen molar-refractivity contribution in [1.29, 1.82) is 0 Å². The summed E-state index contributed by atoms with van der Waals surface area (Å²) in [5.74, 6) is 0.832. The fraction of sp³-hybridized carbons (Fsp3) is 0.286. The van der Waals surface area contributed by atoms with Crippen LogP contribution in [0.25, 0.3) is 22.5 Å². The van der Waals surface area contributed by atoms with E-state index in [0.717, 1.165) is 5.56 Å². The standard InChI is InChI=1S/C28H33N7O5/c1-18-8-9-20(16-23(18)39-5)34-25-26(29)30-17-31-27(25)35(28(34)37)19-10-11-22(40-14-13-38-4)21(15-19)32-24(36)7-6-12-33(2)3/h6-11,15-17H,12-14H2,1-5H3,(H,32,36)(H2,29,30,31). The molecule has 2 aromatic carbocycles. The Morgan fingerprint density at radius 2 is 1.80 bits per heavy atom. The summed E-state index contributed by atoms with van der Waals surface area (Å²) in [6.45, 7) is 3.15. The second-order valence-corrected chi connectivity index (χ2v) is 9.21. The number of imidazole rings is 1. The van der Waals surface area contributed by atoms with Crippen molar-refractivity contribution in [3.8, 4) is 22.9 Å². The Kier molecular flexibility index (Phi) is 8.82. The molecular formula is C28H33N7O5. The van der Waals surface area contributed by atoms with Crippen LogP contribution < -0.4 is 26.2 Å². The predicted molar refractivity (Wildman–Crippen MR) is 154 cm³/mol. The van der Waals surface area contributed by atoms with Gasteiger partial charge < -0.3 is 30.2 Å². The summed E-state index contributed by atoms with van der Waals surface area (Å²) < 4.78 is 19.2. The first-order valence-corrected chi connectivity index (χ1v) is 12.5. The fourth-order valence-electron chi connectivity index (χ4n) is 4.13. The Labute approximate surface area is 231 Å². The normalized spacial score (nSPS) is 11.4. The molecule has 12 heteroatoms. The van der Waals surface area contributed by atoms with Gasteiger partial charge in [0.15, 0.2) is 11.5 Å². The lowest BCUT2D eigenvalue weighted by Gasteiger charge is -2.14. The third kappa shape index (κ3) is 5.98. The third-order valence-corrected chi connectivity index (χ3v) is 6.06. The molecule has 12 nitrogen and oxygen atoms in total. The van der Waals surface area contributed by atoms with Gasteiger partial charge in [-0.1, -0.05) is 12.1 Å². The number of aromatic nitrogens is 4. The smallest absolute Gasteiger partial charge is 0.339 e. The van der Waals surface area contributed by atoms with Crippen molar-refractivity contribution >= 4 is 28.6 Å². The van der Waals surface area contributed by atoms with Crippen molar-refractivity contribution in [3.05, 3.63) is 70.9 Å². The van der Waals surface area contributed by atoms with Crippen LogP contribution in [0.4, 0.5) is 11.5 Å². The van der Waals surface area contributed by atoms with Crippen molar-refractivity contribution in [2.24, 2.45) is 0 Å². The van der Waals surface area contributed by atoms with Crippen LogP contribution in [0.2, 0.25) is 0 Å². The number of methoxy groups -OCH3 is 2. The lowest BCUT2D eigenvalue weighted by molar-refractivity contribution is -0.111. The van der Waals surface area contributed by atoms with Gasteiger partial charge in [0.1, 0.15) is 29.9 Å². The first-order chi connectivity index (χ1) is 19.2.